The molecule has 1 aromatic heterocycles. The third kappa shape index (κ3) is 4.47. The smallest absolute Gasteiger partial charge is 0.354 e. The van der Waals surface area contributed by atoms with Crippen molar-refractivity contribution in [2.24, 2.45) is 0 Å². The molecule has 1 aromatic carbocycles. The van der Waals surface area contributed by atoms with Crippen LogP contribution in [0.15, 0.2) is 35.2 Å². The number of alkyl halides is 3. The number of rotatable bonds is 4. The normalized spacial score (nSPS) is 18.6. The molecule has 0 N–H and O–H groups in total. The summed E-state index contributed by atoms with van der Waals surface area (Å²) in [6.07, 6.45) is -2.54. The topological polar surface area (TPSA) is 69.6 Å². The number of sulfonamides is 1. The van der Waals surface area contributed by atoms with Gasteiger partial charge in [-0.15, -0.1) is 0 Å². The van der Waals surface area contributed by atoms with Crippen molar-refractivity contribution in [3.8, 4) is 0 Å². The molecule has 2 aliphatic heterocycles. The van der Waals surface area contributed by atoms with Crippen molar-refractivity contribution >= 4 is 21.8 Å². The van der Waals surface area contributed by atoms with Gasteiger partial charge in [0, 0.05) is 51.0 Å². The van der Waals surface area contributed by atoms with Gasteiger partial charge >= 0.3 is 6.18 Å². The minimum absolute atomic E-state index is 0.0800. The third-order valence-corrected chi connectivity index (χ3v) is 7.55. The molecule has 0 saturated carbocycles. The lowest BCUT2D eigenvalue weighted by molar-refractivity contribution is -0.139. The molecule has 7 nitrogen and oxygen atoms in total. The fourth-order valence-electron chi connectivity index (χ4n) is 3.98. The van der Waals surface area contributed by atoms with E-state index in [9.17, 15) is 21.6 Å². The molecule has 0 amide bonds. The predicted octanol–water partition coefficient (Wildman–Crippen LogP) is 2.91. The van der Waals surface area contributed by atoms with Crippen molar-refractivity contribution in [1.82, 2.24) is 14.3 Å². The van der Waals surface area contributed by atoms with E-state index in [1.807, 2.05) is 17.9 Å². The summed E-state index contributed by atoms with van der Waals surface area (Å²) < 4.78 is 67.0. The van der Waals surface area contributed by atoms with Crippen LogP contribution < -0.4 is 9.80 Å². The summed E-state index contributed by atoms with van der Waals surface area (Å²) in [7, 11) is -4.27. The number of hydrogen-bond donors (Lipinski definition) is 0. The first-order valence-electron chi connectivity index (χ1n) is 10.2. The summed E-state index contributed by atoms with van der Waals surface area (Å²) in [6.45, 7) is 4.54. The second-order valence-corrected chi connectivity index (χ2v) is 9.65. The van der Waals surface area contributed by atoms with Gasteiger partial charge in [-0.05, 0) is 31.9 Å². The summed E-state index contributed by atoms with van der Waals surface area (Å²) in [5.41, 5.74) is -0.319. The van der Waals surface area contributed by atoms with Crippen LogP contribution in [-0.2, 0) is 16.2 Å². The van der Waals surface area contributed by atoms with Crippen molar-refractivity contribution in [3.63, 3.8) is 0 Å². The lowest BCUT2D eigenvalue weighted by Gasteiger charge is -2.35. The second kappa shape index (κ2) is 8.27. The van der Waals surface area contributed by atoms with Gasteiger partial charge < -0.3 is 9.80 Å². The molecule has 31 heavy (non-hydrogen) atoms. The van der Waals surface area contributed by atoms with Gasteiger partial charge in [0.15, 0.2) is 0 Å². The van der Waals surface area contributed by atoms with Gasteiger partial charge in [-0.2, -0.15) is 22.5 Å². The molecule has 0 atom stereocenters. The van der Waals surface area contributed by atoms with E-state index in [2.05, 4.69) is 14.9 Å². The Hall–Kier alpha value is -2.40. The maximum absolute atomic E-state index is 13.3. The van der Waals surface area contributed by atoms with Crippen molar-refractivity contribution in [2.75, 3.05) is 49.1 Å². The summed E-state index contributed by atoms with van der Waals surface area (Å²) >= 11 is 0. The zero-order valence-electron chi connectivity index (χ0n) is 17.1. The molecule has 2 aromatic rings. The third-order valence-electron chi connectivity index (χ3n) is 5.59. The molecule has 0 bridgehead atoms. The van der Waals surface area contributed by atoms with Crippen LogP contribution in [0, 0.1) is 6.92 Å². The largest absolute Gasteiger partial charge is 0.417 e. The van der Waals surface area contributed by atoms with Gasteiger partial charge in [-0.25, -0.2) is 13.4 Å². The molecule has 168 valence electrons. The molecule has 0 unspecified atom stereocenters. The molecular formula is C20H24F3N5O2S. The van der Waals surface area contributed by atoms with E-state index in [4.69, 9.17) is 0 Å². The van der Waals surface area contributed by atoms with Crippen molar-refractivity contribution in [1.29, 1.82) is 0 Å². The first-order chi connectivity index (χ1) is 14.7. The maximum atomic E-state index is 13.3. The molecule has 2 fully saturated rings. The fraction of sp³-hybridized carbons (Fsp3) is 0.500. The van der Waals surface area contributed by atoms with Gasteiger partial charge in [-0.1, -0.05) is 12.1 Å². The minimum Gasteiger partial charge on any atom is -0.354 e. The Morgan fingerprint density at radius 1 is 0.903 bits per heavy atom. The van der Waals surface area contributed by atoms with E-state index in [1.54, 1.807) is 0 Å². The van der Waals surface area contributed by atoms with Crippen LogP contribution in [0.2, 0.25) is 0 Å². The van der Waals surface area contributed by atoms with Gasteiger partial charge in [0.25, 0.3) is 0 Å². The maximum Gasteiger partial charge on any atom is 0.417 e. The number of nitrogens with zero attached hydrogens (tertiary/aromatic N) is 5. The highest BCUT2D eigenvalue weighted by atomic mass is 32.2. The number of aromatic nitrogens is 2. The Balaban J connectivity index is 1.52. The van der Waals surface area contributed by atoms with Crippen LogP contribution in [0.4, 0.5) is 24.9 Å². The van der Waals surface area contributed by atoms with E-state index in [1.165, 1.54) is 12.1 Å². The summed E-state index contributed by atoms with van der Waals surface area (Å²) in [5.74, 6) is 1.38. The lowest BCUT2D eigenvalue weighted by atomic mass is 10.2. The minimum atomic E-state index is -4.74. The Morgan fingerprint density at radius 3 is 2.19 bits per heavy atom. The predicted molar refractivity (Wildman–Crippen MR) is 111 cm³/mol. The zero-order chi connectivity index (χ0) is 22.2. The highest BCUT2D eigenvalue weighted by Gasteiger charge is 2.39. The van der Waals surface area contributed by atoms with Crippen molar-refractivity contribution in [2.45, 2.75) is 30.8 Å². The monoisotopic (exact) mass is 455 g/mol. The summed E-state index contributed by atoms with van der Waals surface area (Å²) in [6, 6.07) is 6.16. The number of hydrogen-bond acceptors (Lipinski definition) is 6. The SMILES string of the molecule is Cc1cc(N2CCN(S(=O)(=O)c3ccccc3C(F)(F)F)CC2)nc(N2CCCC2)n1. The Kier molecular flexibility index (Phi) is 5.82. The van der Waals surface area contributed by atoms with Crippen molar-refractivity contribution in [3.05, 3.63) is 41.6 Å². The second-order valence-electron chi connectivity index (χ2n) is 7.75. The molecule has 2 saturated heterocycles. The number of halogens is 3. The molecule has 0 radical (unpaired) electrons. The molecular weight excluding hydrogens is 431 g/mol. The van der Waals surface area contributed by atoms with Gasteiger partial charge in [0.1, 0.15) is 5.82 Å². The van der Waals surface area contributed by atoms with E-state index in [0.29, 0.717) is 24.9 Å². The molecule has 2 aliphatic rings. The van der Waals surface area contributed by atoms with E-state index < -0.39 is 26.7 Å². The van der Waals surface area contributed by atoms with Crippen molar-refractivity contribution < 1.29 is 21.6 Å². The summed E-state index contributed by atoms with van der Waals surface area (Å²) in [5, 5.41) is 0. The number of aryl methyl sites for hydroxylation is 1. The van der Waals surface area contributed by atoms with Crippen LogP contribution in [-0.4, -0.2) is 62.0 Å². The molecule has 11 heteroatoms. The van der Waals surface area contributed by atoms with Crippen LogP contribution in [0.1, 0.15) is 24.1 Å². The van der Waals surface area contributed by atoms with E-state index in [-0.39, 0.29) is 13.1 Å². The standard InChI is InChI=1S/C20H24F3N5O2S/c1-15-14-18(25-19(24-15)27-8-4-5-9-27)26-10-12-28(13-11-26)31(29,30)17-7-3-2-6-16(17)20(21,22)23/h2-3,6-7,14H,4-5,8-13H2,1H3. The number of benzene rings is 1. The highest BCUT2D eigenvalue weighted by molar-refractivity contribution is 7.89. The highest BCUT2D eigenvalue weighted by Crippen LogP contribution is 2.35. The van der Waals surface area contributed by atoms with Crippen LogP contribution >= 0.6 is 0 Å². The van der Waals surface area contributed by atoms with Gasteiger partial charge in [-0.3, -0.25) is 0 Å². The van der Waals surface area contributed by atoms with E-state index in [0.717, 1.165) is 48.1 Å². The first kappa shape index (κ1) is 21.8. The average molecular weight is 456 g/mol. The number of anilines is 2. The molecule has 0 aliphatic carbocycles. The van der Waals surface area contributed by atoms with Gasteiger partial charge in [0.2, 0.25) is 16.0 Å². The molecule has 3 heterocycles. The lowest BCUT2D eigenvalue weighted by Crippen LogP contribution is -2.49. The van der Waals surface area contributed by atoms with Crippen LogP contribution in [0.25, 0.3) is 0 Å². The Bertz CT molecular complexity index is 1050. The van der Waals surface area contributed by atoms with Crippen LogP contribution in [0.5, 0.6) is 0 Å². The fourth-order valence-corrected chi connectivity index (χ4v) is 5.61. The van der Waals surface area contributed by atoms with Crippen LogP contribution in [0.3, 0.4) is 0 Å². The molecule has 0 spiro atoms. The first-order valence-corrected chi connectivity index (χ1v) is 11.6. The Labute approximate surface area is 179 Å². The molecule has 4 rings (SSSR count). The number of piperazine rings is 1. The van der Waals surface area contributed by atoms with Gasteiger partial charge in [0.05, 0.1) is 10.5 Å². The zero-order valence-corrected chi connectivity index (χ0v) is 18.0. The Morgan fingerprint density at radius 2 is 1.55 bits per heavy atom. The summed E-state index contributed by atoms with van der Waals surface area (Å²) in [4.78, 5) is 12.5. The average Bonchev–Trinajstić information content (AvgIpc) is 3.28. The quantitative estimate of drug-likeness (QED) is 0.706. The van der Waals surface area contributed by atoms with E-state index >= 15 is 0 Å².